The first-order chi connectivity index (χ1) is 12.1. The monoisotopic (exact) mass is 357 g/mol. The Kier molecular flexibility index (Phi) is 5.32. The Balaban J connectivity index is 2.75. The molecule has 1 aliphatic carbocycles. The van der Waals surface area contributed by atoms with Gasteiger partial charge in [0.15, 0.2) is 0 Å². The van der Waals surface area contributed by atoms with E-state index in [9.17, 15) is 19.5 Å². The molecule has 3 amide bonds. The van der Waals surface area contributed by atoms with Crippen molar-refractivity contribution in [1.29, 1.82) is 0 Å². The van der Waals surface area contributed by atoms with E-state index in [4.69, 9.17) is 17.2 Å². The number of aliphatic hydroxyl groups excluding tert-OH is 1. The molecule has 7 N–H and O–H groups in total. The zero-order valence-corrected chi connectivity index (χ0v) is 14.8. The zero-order chi connectivity index (χ0) is 19.6. The van der Waals surface area contributed by atoms with E-state index in [2.05, 4.69) is 0 Å². The normalized spacial score (nSPS) is 20.7. The van der Waals surface area contributed by atoms with E-state index < -0.39 is 29.2 Å². The van der Waals surface area contributed by atoms with E-state index >= 15 is 0 Å². The van der Waals surface area contributed by atoms with Gasteiger partial charge in [0.2, 0.25) is 17.7 Å². The largest absolute Gasteiger partial charge is 0.393 e. The second kappa shape index (κ2) is 7.13. The van der Waals surface area contributed by atoms with Gasteiger partial charge in [-0.3, -0.25) is 14.4 Å². The Morgan fingerprint density at radius 1 is 1.15 bits per heavy atom. The van der Waals surface area contributed by atoms with Crippen LogP contribution < -0.4 is 17.2 Å². The minimum Gasteiger partial charge on any atom is -0.393 e. The van der Waals surface area contributed by atoms with E-state index in [0.717, 1.165) is 5.56 Å². The van der Waals surface area contributed by atoms with E-state index in [1.165, 1.54) is 13.0 Å². The van der Waals surface area contributed by atoms with Crippen molar-refractivity contribution < 1.29 is 19.5 Å². The molecule has 1 aliphatic rings. The summed E-state index contributed by atoms with van der Waals surface area (Å²) in [5, 5.41) is 9.98. The fourth-order valence-corrected chi connectivity index (χ4v) is 3.41. The summed E-state index contributed by atoms with van der Waals surface area (Å²) >= 11 is 0. The lowest BCUT2D eigenvalue weighted by atomic mass is 9.65. The van der Waals surface area contributed by atoms with Gasteiger partial charge in [0.25, 0.3) is 0 Å². The van der Waals surface area contributed by atoms with Crippen molar-refractivity contribution >= 4 is 23.3 Å². The quantitative estimate of drug-likeness (QED) is 0.587. The van der Waals surface area contributed by atoms with Crippen LogP contribution >= 0.6 is 0 Å². The maximum atomic E-state index is 12.5. The van der Waals surface area contributed by atoms with Crippen molar-refractivity contribution in [3.63, 3.8) is 0 Å². The molecule has 7 heteroatoms. The molecule has 0 bridgehead atoms. The third-order valence-corrected chi connectivity index (χ3v) is 4.70. The number of aliphatic hydroxyl groups is 1. The number of hydrogen-bond acceptors (Lipinski definition) is 4. The molecule has 1 aromatic rings. The van der Waals surface area contributed by atoms with Gasteiger partial charge in [-0.15, -0.1) is 0 Å². The molecule has 2 rings (SSSR count). The maximum Gasteiger partial charge on any atom is 0.248 e. The van der Waals surface area contributed by atoms with Crippen LogP contribution in [0.5, 0.6) is 0 Å². The number of aryl methyl sites for hydroxylation is 1. The van der Waals surface area contributed by atoms with E-state index in [1.807, 2.05) is 6.92 Å². The van der Waals surface area contributed by atoms with Crippen LogP contribution in [0.4, 0.5) is 0 Å². The number of primary amides is 3. The Bertz CT molecular complexity index is 839. The van der Waals surface area contributed by atoms with Crippen LogP contribution in [0.25, 0.3) is 5.57 Å². The number of rotatable bonds is 6. The molecule has 0 heterocycles. The van der Waals surface area contributed by atoms with Gasteiger partial charge >= 0.3 is 0 Å². The van der Waals surface area contributed by atoms with Crippen molar-refractivity contribution in [2.75, 3.05) is 0 Å². The molecule has 0 radical (unpaired) electrons. The molecular weight excluding hydrogens is 334 g/mol. The molecule has 0 aliphatic heterocycles. The number of hydrogen-bond donors (Lipinski definition) is 4. The van der Waals surface area contributed by atoms with Gasteiger partial charge in [-0.2, -0.15) is 0 Å². The number of carbonyl (C=O) groups excluding carboxylic acids is 3. The summed E-state index contributed by atoms with van der Waals surface area (Å²) in [7, 11) is 0. The smallest absolute Gasteiger partial charge is 0.248 e. The van der Waals surface area contributed by atoms with Crippen LogP contribution in [0.1, 0.15) is 41.3 Å². The minimum atomic E-state index is -1.33. The van der Waals surface area contributed by atoms with Crippen LogP contribution in [0, 0.1) is 12.3 Å². The van der Waals surface area contributed by atoms with Gasteiger partial charge < -0.3 is 22.3 Å². The number of benzene rings is 1. The highest BCUT2D eigenvalue weighted by Crippen LogP contribution is 2.47. The Hall–Kier alpha value is -2.93. The van der Waals surface area contributed by atoms with Gasteiger partial charge in [0.1, 0.15) is 0 Å². The minimum absolute atomic E-state index is 0.0129. The van der Waals surface area contributed by atoms with Crippen molar-refractivity contribution in [3.05, 3.63) is 52.6 Å². The Labute approximate surface area is 151 Å². The number of allylic oxidation sites excluding steroid dienone is 2. The lowest BCUT2D eigenvalue weighted by molar-refractivity contribution is -0.126. The summed E-state index contributed by atoms with van der Waals surface area (Å²) in [6, 6.07) is 4.90. The summed E-state index contributed by atoms with van der Waals surface area (Å²) in [4.78, 5) is 35.7. The number of nitrogens with two attached hydrogens (primary N) is 3. The molecule has 0 saturated heterocycles. The van der Waals surface area contributed by atoms with Gasteiger partial charge in [0.05, 0.1) is 11.5 Å². The molecule has 0 saturated carbocycles. The Morgan fingerprint density at radius 3 is 2.31 bits per heavy atom. The third-order valence-electron chi connectivity index (χ3n) is 4.70. The highest BCUT2D eigenvalue weighted by atomic mass is 16.3. The second-order valence-electron chi connectivity index (χ2n) is 6.71. The number of carbonyl (C=O) groups is 3. The van der Waals surface area contributed by atoms with Crippen molar-refractivity contribution in [2.45, 2.75) is 32.8 Å². The molecule has 1 unspecified atom stereocenters. The molecule has 0 fully saturated rings. The number of amides is 3. The standard InChI is InChI=1S/C19H23N3O4/c1-10-3-4-12(16(20)24)7-14(10)15-6-5-13(17(21)25)9-19(15,18(22)26)8-11(2)23/h3-7,11,23H,8-9H2,1-2H3,(H2,20,24)(H2,21,25)(H2,22,26)/t11-,19?/m0/s1. The van der Waals surface area contributed by atoms with E-state index in [1.54, 1.807) is 24.3 Å². The van der Waals surface area contributed by atoms with Crippen LogP contribution in [0.15, 0.2) is 35.9 Å². The van der Waals surface area contributed by atoms with Crippen LogP contribution in [0.2, 0.25) is 0 Å². The second-order valence-corrected chi connectivity index (χ2v) is 6.71. The fraction of sp³-hybridized carbons (Fsp3) is 0.316. The summed E-state index contributed by atoms with van der Waals surface area (Å²) in [5.41, 5.74) is 17.6. The van der Waals surface area contributed by atoms with Gasteiger partial charge in [0, 0.05) is 11.1 Å². The van der Waals surface area contributed by atoms with Crippen LogP contribution in [-0.4, -0.2) is 28.9 Å². The lowest BCUT2D eigenvalue weighted by Gasteiger charge is -2.37. The zero-order valence-electron chi connectivity index (χ0n) is 14.8. The predicted molar refractivity (Wildman–Crippen MR) is 97.5 cm³/mol. The van der Waals surface area contributed by atoms with Crippen LogP contribution in [-0.2, 0) is 9.59 Å². The first-order valence-corrected chi connectivity index (χ1v) is 8.18. The molecule has 2 atom stereocenters. The molecular formula is C19H23N3O4. The molecule has 0 spiro atoms. The fourth-order valence-electron chi connectivity index (χ4n) is 3.41. The maximum absolute atomic E-state index is 12.5. The van der Waals surface area contributed by atoms with Crippen molar-refractivity contribution in [3.8, 4) is 0 Å². The third kappa shape index (κ3) is 3.52. The highest BCUT2D eigenvalue weighted by Gasteiger charge is 2.45. The predicted octanol–water partition coefficient (Wildman–Crippen LogP) is 0.535. The highest BCUT2D eigenvalue weighted by molar-refractivity contribution is 6.03. The van der Waals surface area contributed by atoms with Crippen LogP contribution in [0.3, 0.4) is 0 Å². The molecule has 0 aromatic heterocycles. The van der Waals surface area contributed by atoms with E-state index in [0.29, 0.717) is 11.1 Å². The van der Waals surface area contributed by atoms with Crippen molar-refractivity contribution in [2.24, 2.45) is 22.6 Å². The molecule has 26 heavy (non-hydrogen) atoms. The average molecular weight is 357 g/mol. The molecule has 1 aromatic carbocycles. The van der Waals surface area contributed by atoms with Gasteiger partial charge in [-0.1, -0.05) is 18.2 Å². The summed E-state index contributed by atoms with van der Waals surface area (Å²) in [6.45, 7) is 3.36. The van der Waals surface area contributed by atoms with Gasteiger partial charge in [-0.25, -0.2) is 0 Å². The summed E-state index contributed by atoms with van der Waals surface area (Å²) in [6.07, 6.45) is 2.28. The average Bonchev–Trinajstić information content (AvgIpc) is 2.54. The lowest BCUT2D eigenvalue weighted by Crippen LogP contribution is -2.43. The summed E-state index contributed by atoms with van der Waals surface area (Å²) in [5.74, 6) is -1.93. The van der Waals surface area contributed by atoms with Crippen molar-refractivity contribution in [1.82, 2.24) is 0 Å². The first kappa shape index (κ1) is 19.4. The molecule has 7 nitrogen and oxygen atoms in total. The van der Waals surface area contributed by atoms with Gasteiger partial charge in [-0.05, 0) is 55.5 Å². The first-order valence-electron chi connectivity index (χ1n) is 8.18. The topological polar surface area (TPSA) is 150 Å². The Morgan fingerprint density at radius 2 is 1.81 bits per heavy atom. The molecule has 138 valence electrons. The van der Waals surface area contributed by atoms with E-state index in [-0.39, 0.29) is 24.0 Å². The summed E-state index contributed by atoms with van der Waals surface area (Å²) < 4.78 is 0. The SMILES string of the molecule is Cc1ccc(C(N)=O)cc1C1=CC=C(C(N)=O)CC1(C[C@H](C)O)C(N)=O.